The second-order valence-electron chi connectivity index (χ2n) is 6.45. The molecule has 1 saturated heterocycles. The first-order chi connectivity index (χ1) is 12.8. The van der Waals surface area contributed by atoms with E-state index in [2.05, 4.69) is 0 Å². The molecule has 2 aliphatic rings. The first-order valence-corrected chi connectivity index (χ1v) is 10.2. The van der Waals surface area contributed by atoms with Crippen molar-refractivity contribution in [2.24, 2.45) is 0 Å². The second kappa shape index (κ2) is 7.00. The van der Waals surface area contributed by atoms with E-state index in [9.17, 15) is 23.3 Å². The van der Waals surface area contributed by atoms with Crippen LogP contribution in [0, 0.1) is 11.3 Å². The number of benzene rings is 1. The maximum atomic E-state index is 13.1. The average Bonchev–Trinajstić information content (AvgIpc) is 2.99. The molecule has 8 heteroatoms. The van der Waals surface area contributed by atoms with E-state index in [0.717, 1.165) is 4.90 Å². The van der Waals surface area contributed by atoms with Gasteiger partial charge < -0.3 is 4.74 Å². The number of amides is 2. The Labute approximate surface area is 157 Å². The van der Waals surface area contributed by atoms with Gasteiger partial charge in [0.15, 0.2) is 9.84 Å². The molecule has 2 aliphatic heterocycles. The number of nitrogens with zero attached hydrogens (tertiary/aromatic N) is 2. The van der Waals surface area contributed by atoms with E-state index in [1.165, 1.54) is 7.11 Å². The number of imide groups is 1. The van der Waals surface area contributed by atoms with E-state index in [-0.39, 0.29) is 34.6 Å². The first-order valence-electron chi connectivity index (χ1n) is 8.33. The number of hydrogen-bond acceptors (Lipinski definition) is 6. The van der Waals surface area contributed by atoms with Crippen LogP contribution in [0.3, 0.4) is 0 Å². The van der Waals surface area contributed by atoms with Crippen molar-refractivity contribution in [1.82, 2.24) is 4.90 Å². The van der Waals surface area contributed by atoms with Crippen molar-refractivity contribution < 1.29 is 22.7 Å². The summed E-state index contributed by atoms with van der Waals surface area (Å²) in [7, 11) is -1.80. The van der Waals surface area contributed by atoms with Crippen LogP contribution in [0.15, 0.2) is 41.0 Å². The molecule has 1 aromatic carbocycles. The van der Waals surface area contributed by atoms with Crippen LogP contribution >= 0.6 is 0 Å². The van der Waals surface area contributed by atoms with Crippen molar-refractivity contribution in [2.75, 3.05) is 18.6 Å². The summed E-state index contributed by atoms with van der Waals surface area (Å²) < 4.78 is 28.9. The molecule has 2 heterocycles. The van der Waals surface area contributed by atoms with Gasteiger partial charge in [-0.3, -0.25) is 14.5 Å². The topological polar surface area (TPSA) is 105 Å². The van der Waals surface area contributed by atoms with Gasteiger partial charge in [-0.1, -0.05) is 18.2 Å². The largest absolute Gasteiger partial charge is 0.496 e. The van der Waals surface area contributed by atoms with Gasteiger partial charge in [0.25, 0.3) is 11.8 Å². The number of sulfone groups is 1. The molecule has 0 bridgehead atoms. The van der Waals surface area contributed by atoms with Crippen LogP contribution in [0.25, 0.3) is 6.08 Å². The molecule has 1 fully saturated rings. The molecule has 7 nitrogen and oxygen atoms in total. The van der Waals surface area contributed by atoms with E-state index in [0.29, 0.717) is 11.3 Å². The summed E-state index contributed by atoms with van der Waals surface area (Å²) in [4.78, 5) is 26.7. The van der Waals surface area contributed by atoms with Gasteiger partial charge in [0.1, 0.15) is 17.4 Å². The van der Waals surface area contributed by atoms with Crippen molar-refractivity contribution in [2.45, 2.75) is 19.4 Å². The number of methoxy groups -OCH3 is 1. The highest BCUT2D eigenvalue weighted by Gasteiger charge is 2.43. The summed E-state index contributed by atoms with van der Waals surface area (Å²) in [6, 6.07) is 8.14. The predicted molar refractivity (Wildman–Crippen MR) is 98.2 cm³/mol. The van der Waals surface area contributed by atoms with Gasteiger partial charge in [-0.2, -0.15) is 5.26 Å². The van der Waals surface area contributed by atoms with Gasteiger partial charge in [-0.25, -0.2) is 8.42 Å². The van der Waals surface area contributed by atoms with Crippen molar-refractivity contribution in [3.63, 3.8) is 0 Å². The van der Waals surface area contributed by atoms with Gasteiger partial charge >= 0.3 is 0 Å². The zero-order valence-corrected chi connectivity index (χ0v) is 15.7. The Morgan fingerprint density at radius 1 is 1.26 bits per heavy atom. The zero-order chi connectivity index (χ0) is 19.8. The number of para-hydroxylation sites is 1. The molecular weight excluding hydrogens is 368 g/mol. The smallest absolute Gasteiger partial charge is 0.271 e. The van der Waals surface area contributed by atoms with Gasteiger partial charge in [-0.05, 0) is 31.1 Å². The van der Waals surface area contributed by atoms with Crippen LogP contribution in [0.2, 0.25) is 0 Å². The van der Waals surface area contributed by atoms with Crippen LogP contribution in [0.4, 0.5) is 0 Å². The van der Waals surface area contributed by atoms with Crippen molar-refractivity contribution >= 4 is 27.7 Å². The SMILES string of the molecule is COc1ccccc1C=C1C(=O)N(C2CCS(=O)(=O)C2)C(=O)C(C#N)=C1C. The third-order valence-corrected chi connectivity index (χ3v) is 6.54. The highest BCUT2D eigenvalue weighted by Crippen LogP contribution is 2.32. The molecule has 2 amide bonds. The highest BCUT2D eigenvalue weighted by molar-refractivity contribution is 7.91. The highest BCUT2D eigenvalue weighted by atomic mass is 32.2. The third kappa shape index (κ3) is 3.38. The minimum atomic E-state index is -3.30. The lowest BCUT2D eigenvalue weighted by atomic mass is 9.92. The number of nitriles is 1. The standard InChI is InChI=1S/C19H18N2O5S/c1-12-15(9-13-5-3-4-6-17(13)26-2)18(22)21(19(23)16(12)10-20)14-7-8-27(24,25)11-14/h3-6,9,14H,7-8,11H2,1-2H3. The van der Waals surface area contributed by atoms with Crippen molar-refractivity contribution in [3.05, 3.63) is 46.5 Å². The molecule has 1 atom stereocenters. The van der Waals surface area contributed by atoms with Gasteiger partial charge in [0, 0.05) is 11.1 Å². The Kier molecular flexibility index (Phi) is 4.89. The van der Waals surface area contributed by atoms with E-state index in [1.807, 2.05) is 6.07 Å². The number of hydrogen-bond donors (Lipinski definition) is 0. The molecule has 0 radical (unpaired) electrons. The number of carbonyl (C=O) groups is 2. The molecule has 3 rings (SSSR count). The molecule has 27 heavy (non-hydrogen) atoms. The minimum absolute atomic E-state index is 0.0785. The third-order valence-electron chi connectivity index (χ3n) is 4.78. The quantitative estimate of drug-likeness (QED) is 0.576. The zero-order valence-electron chi connectivity index (χ0n) is 14.9. The van der Waals surface area contributed by atoms with E-state index < -0.39 is 27.7 Å². The summed E-state index contributed by atoms with van der Waals surface area (Å²) in [5.41, 5.74) is 0.920. The van der Waals surface area contributed by atoms with E-state index >= 15 is 0 Å². The lowest BCUT2D eigenvalue weighted by molar-refractivity contribution is -0.142. The molecule has 0 aliphatic carbocycles. The average molecular weight is 386 g/mol. The molecule has 0 aromatic heterocycles. The summed E-state index contributed by atoms with van der Waals surface area (Å²) in [5.74, 6) is -1.14. The maximum absolute atomic E-state index is 13.1. The van der Waals surface area contributed by atoms with E-state index in [1.54, 1.807) is 37.3 Å². The van der Waals surface area contributed by atoms with Crippen LogP contribution < -0.4 is 4.74 Å². The normalized spacial score (nSPS) is 23.7. The Hall–Kier alpha value is -2.92. The van der Waals surface area contributed by atoms with E-state index in [4.69, 9.17) is 4.74 Å². The summed E-state index contributed by atoms with van der Waals surface area (Å²) >= 11 is 0. The van der Waals surface area contributed by atoms with Gasteiger partial charge in [-0.15, -0.1) is 0 Å². The Morgan fingerprint density at radius 2 is 1.96 bits per heavy atom. The van der Waals surface area contributed by atoms with Crippen LogP contribution in [0.5, 0.6) is 5.75 Å². The lowest BCUT2D eigenvalue weighted by Crippen LogP contribution is -2.49. The minimum Gasteiger partial charge on any atom is -0.496 e. The summed E-state index contributed by atoms with van der Waals surface area (Å²) in [5, 5.41) is 9.43. The van der Waals surface area contributed by atoms with Crippen molar-refractivity contribution in [1.29, 1.82) is 5.26 Å². The fourth-order valence-electron chi connectivity index (χ4n) is 3.35. The molecule has 1 aromatic rings. The van der Waals surface area contributed by atoms with Crippen LogP contribution in [-0.4, -0.2) is 49.8 Å². The molecule has 0 N–H and O–H groups in total. The molecule has 140 valence electrons. The van der Waals surface area contributed by atoms with Gasteiger partial charge in [0.2, 0.25) is 0 Å². The lowest BCUT2D eigenvalue weighted by Gasteiger charge is -2.31. The fraction of sp³-hybridized carbons (Fsp3) is 0.316. The number of ether oxygens (including phenoxy) is 1. The Balaban J connectivity index is 2.12. The number of carbonyl (C=O) groups excluding carboxylic acids is 2. The molecule has 1 unspecified atom stereocenters. The molecular formula is C19H18N2O5S. The van der Waals surface area contributed by atoms with Crippen LogP contribution in [0.1, 0.15) is 18.9 Å². The van der Waals surface area contributed by atoms with Crippen molar-refractivity contribution in [3.8, 4) is 11.8 Å². The van der Waals surface area contributed by atoms with Gasteiger partial charge in [0.05, 0.1) is 24.7 Å². The van der Waals surface area contributed by atoms with Crippen LogP contribution in [-0.2, 0) is 19.4 Å². The summed E-state index contributed by atoms with van der Waals surface area (Å²) in [6.45, 7) is 1.54. The monoisotopic (exact) mass is 386 g/mol. The molecule has 0 spiro atoms. The summed E-state index contributed by atoms with van der Waals surface area (Å²) in [6.07, 6.45) is 1.75. The maximum Gasteiger partial charge on any atom is 0.271 e. The second-order valence-corrected chi connectivity index (χ2v) is 8.68. The Morgan fingerprint density at radius 3 is 2.56 bits per heavy atom. The predicted octanol–water partition coefficient (Wildman–Crippen LogP) is 1.47. The molecule has 0 saturated carbocycles. The fourth-order valence-corrected chi connectivity index (χ4v) is 5.05. The number of rotatable bonds is 3. The first kappa shape index (κ1) is 18.9. The Bertz CT molecular complexity index is 1030.